The zero-order valence-electron chi connectivity index (χ0n) is 19.5. The summed E-state index contributed by atoms with van der Waals surface area (Å²) >= 11 is 5.75. The van der Waals surface area contributed by atoms with E-state index in [0.29, 0.717) is 35.3 Å². The van der Waals surface area contributed by atoms with Crippen LogP contribution < -0.4 is 20.3 Å². The number of fused-ring (bicyclic) bond motifs is 2. The van der Waals surface area contributed by atoms with Gasteiger partial charge in [0.25, 0.3) is 5.56 Å². The van der Waals surface area contributed by atoms with Crippen LogP contribution in [0, 0.1) is 0 Å². The number of thiocarbonyl (C=S) groups is 1. The van der Waals surface area contributed by atoms with Crippen LogP contribution in [0.5, 0.6) is 11.5 Å². The van der Waals surface area contributed by atoms with E-state index in [0.717, 1.165) is 63.0 Å². The molecule has 8 nitrogen and oxygen atoms in total. The molecule has 2 aliphatic heterocycles. The molecule has 0 aliphatic carbocycles. The van der Waals surface area contributed by atoms with E-state index in [1.54, 1.807) is 0 Å². The number of rotatable bonds is 10. The fraction of sp³-hybridized carbons (Fsp3) is 0.583. The lowest BCUT2D eigenvalue weighted by molar-refractivity contribution is 0.0896. The number of benzene rings is 1. The third kappa shape index (κ3) is 5.96. The minimum atomic E-state index is -0.122. The number of aromatic amines is 1. The Balaban J connectivity index is 1.46. The number of nitrogens with one attached hydrogen (secondary N) is 2. The maximum atomic E-state index is 12.9. The Bertz CT molecular complexity index is 1020. The molecule has 1 aromatic carbocycles. The lowest BCUT2D eigenvalue weighted by Crippen LogP contribution is -2.44. The summed E-state index contributed by atoms with van der Waals surface area (Å²) in [6, 6.07) is 5.64. The molecule has 180 valence electrons. The van der Waals surface area contributed by atoms with Gasteiger partial charge in [-0.3, -0.25) is 4.79 Å². The van der Waals surface area contributed by atoms with Gasteiger partial charge in [-0.15, -0.1) is 0 Å². The van der Waals surface area contributed by atoms with Crippen molar-refractivity contribution in [2.45, 2.75) is 45.8 Å². The Hall–Kier alpha value is -2.36. The normalized spacial score (nSPS) is 17.1. The zero-order chi connectivity index (χ0) is 23.2. The summed E-state index contributed by atoms with van der Waals surface area (Å²) in [5, 5.41) is 4.97. The molecule has 0 unspecified atom stereocenters. The molecule has 3 heterocycles. The van der Waals surface area contributed by atoms with Crippen LogP contribution in [0.15, 0.2) is 23.0 Å². The van der Waals surface area contributed by atoms with E-state index >= 15 is 0 Å². The fourth-order valence-corrected chi connectivity index (χ4v) is 4.61. The minimum absolute atomic E-state index is 0.122. The van der Waals surface area contributed by atoms with Crippen LogP contribution in [0.4, 0.5) is 0 Å². The maximum Gasteiger partial charge on any atom is 0.253 e. The first-order valence-electron chi connectivity index (χ1n) is 11.9. The predicted octanol–water partition coefficient (Wildman–Crippen LogP) is 2.84. The highest BCUT2D eigenvalue weighted by Gasteiger charge is 2.22. The third-order valence-electron chi connectivity index (χ3n) is 6.33. The number of pyridine rings is 1. The molecule has 4 rings (SSSR count). The molecule has 2 aromatic rings. The van der Waals surface area contributed by atoms with Crippen LogP contribution >= 0.6 is 12.2 Å². The monoisotopic (exact) mass is 474 g/mol. The van der Waals surface area contributed by atoms with Gasteiger partial charge in [-0.1, -0.05) is 13.8 Å². The molecule has 0 spiro atoms. The maximum absolute atomic E-state index is 12.9. The molecular formula is C24H34N4O4S. The SMILES string of the molecule is CCN(CC)CCCNC(=S)N(Cc1cc2cc3c(cc2[nH]c1=O)OCO3)C[C@H]1CCCO1. The van der Waals surface area contributed by atoms with Gasteiger partial charge in [0.1, 0.15) is 0 Å². The second-order valence-corrected chi connectivity index (χ2v) is 8.93. The Morgan fingerprint density at radius 2 is 2.00 bits per heavy atom. The van der Waals surface area contributed by atoms with Crippen LogP contribution in [0.2, 0.25) is 0 Å². The van der Waals surface area contributed by atoms with Crippen LogP contribution in [0.1, 0.15) is 38.7 Å². The first-order valence-corrected chi connectivity index (χ1v) is 12.3. The lowest BCUT2D eigenvalue weighted by atomic mass is 10.1. The van der Waals surface area contributed by atoms with Crippen molar-refractivity contribution in [2.24, 2.45) is 0 Å². The van der Waals surface area contributed by atoms with E-state index in [9.17, 15) is 4.79 Å². The van der Waals surface area contributed by atoms with Crippen molar-refractivity contribution in [2.75, 3.05) is 46.1 Å². The van der Waals surface area contributed by atoms with Gasteiger partial charge in [0.2, 0.25) is 6.79 Å². The Morgan fingerprint density at radius 3 is 2.73 bits per heavy atom. The summed E-state index contributed by atoms with van der Waals surface area (Å²) in [5.41, 5.74) is 1.27. The highest BCUT2D eigenvalue weighted by Crippen LogP contribution is 2.35. The number of nitrogens with zero attached hydrogens (tertiary/aromatic N) is 2. The molecule has 9 heteroatoms. The number of H-pyrrole nitrogens is 1. The number of hydrogen-bond acceptors (Lipinski definition) is 6. The van der Waals surface area contributed by atoms with Crippen LogP contribution in [-0.4, -0.2) is 72.1 Å². The predicted molar refractivity (Wildman–Crippen MR) is 133 cm³/mol. The van der Waals surface area contributed by atoms with E-state index < -0.39 is 0 Å². The fourth-order valence-electron chi connectivity index (χ4n) is 4.37. The van der Waals surface area contributed by atoms with E-state index in [1.165, 1.54) is 0 Å². The van der Waals surface area contributed by atoms with Crippen LogP contribution in [0.25, 0.3) is 10.9 Å². The summed E-state index contributed by atoms with van der Waals surface area (Å²) in [5.74, 6) is 1.35. The highest BCUT2D eigenvalue weighted by molar-refractivity contribution is 7.80. The largest absolute Gasteiger partial charge is 0.454 e. The lowest BCUT2D eigenvalue weighted by Gasteiger charge is -2.28. The summed E-state index contributed by atoms with van der Waals surface area (Å²) < 4.78 is 16.8. The Labute approximate surface area is 200 Å². The van der Waals surface area contributed by atoms with E-state index in [-0.39, 0.29) is 18.5 Å². The first kappa shape index (κ1) is 23.8. The summed E-state index contributed by atoms with van der Waals surface area (Å²) in [6.45, 7) is 10.4. The molecule has 2 N–H and O–H groups in total. The Kier molecular flexibility index (Phi) is 8.06. The van der Waals surface area contributed by atoms with Gasteiger partial charge in [0, 0.05) is 36.7 Å². The molecular weight excluding hydrogens is 440 g/mol. The zero-order valence-corrected chi connectivity index (χ0v) is 20.3. The van der Waals surface area contributed by atoms with Crippen molar-refractivity contribution in [3.8, 4) is 11.5 Å². The van der Waals surface area contributed by atoms with Crippen molar-refractivity contribution in [1.29, 1.82) is 0 Å². The third-order valence-corrected chi connectivity index (χ3v) is 6.74. The molecule has 1 atom stereocenters. The average Bonchev–Trinajstić information content (AvgIpc) is 3.49. The Morgan fingerprint density at radius 1 is 1.21 bits per heavy atom. The smallest absolute Gasteiger partial charge is 0.253 e. The molecule has 0 amide bonds. The topological polar surface area (TPSA) is 79.1 Å². The van der Waals surface area contributed by atoms with Crippen molar-refractivity contribution >= 4 is 28.2 Å². The standard InChI is InChI=1S/C24H34N4O4S/c1-3-27(4-2)9-6-8-25-24(33)28(15-19-7-5-10-30-19)14-18-11-17-12-21-22(32-16-31-21)13-20(17)26-23(18)29/h11-13,19H,3-10,14-16H2,1-2H3,(H,25,33)(H,26,29)/t19-/m1/s1. The van der Waals surface area contributed by atoms with Crippen molar-refractivity contribution in [3.05, 3.63) is 34.1 Å². The van der Waals surface area contributed by atoms with Gasteiger partial charge in [-0.25, -0.2) is 0 Å². The molecule has 0 radical (unpaired) electrons. The van der Waals surface area contributed by atoms with Gasteiger partial charge in [0.15, 0.2) is 16.6 Å². The van der Waals surface area contributed by atoms with E-state index in [4.69, 9.17) is 26.4 Å². The highest BCUT2D eigenvalue weighted by atomic mass is 32.1. The summed E-state index contributed by atoms with van der Waals surface area (Å²) in [4.78, 5) is 20.3. The average molecular weight is 475 g/mol. The first-order chi connectivity index (χ1) is 16.1. The second kappa shape index (κ2) is 11.2. The van der Waals surface area contributed by atoms with E-state index in [2.05, 4.69) is 33.9 Å². The molecule has 1 fully saturated rings. The summed E-state index contributed by atoms with van der Waals surface area (Å²) in [7, 11) is 0. The summed E-state index contributed by atoms with van der Waals surface area (Å²) in [6.07, 6.45) is 3.22. The van der Waals surface area contributed by atoms with Crippen molar-refractivity contribution in [3.63, 3.8) is 0 Å². The molecule has 33 heavy (non-hydrogen) atoms. The molecule has 2 aliphatic rings. The van der Waals surface area contributed by atoms with Crippen molar-refractivity contribution in [1.82, 2.24) is 20.1 Å². The van der Waals surface area contributed by atoms with Crippen LogP contribution in [-0.2, 0) is 11.3 Å². The molecule has 1 aromatic heterocycles. The molecule has 0 saturated carbocycles. The number of ether oxygens (including phenoxy) is 3. The van der Waals surface area contributed by atoms with Gasteiger partial charge < -0.3 is 34.3 Å². The minimum Gasteiger partial charge on any atom is -0.454 e. The van der Waals surface area contributed by atoms with Crippen LogP contribution in [0.3, 0.4) is 0 Å². The second-order valence-electron chi connectivity index (χ2n) is 8.54. The number of hydrogen-bond donors (Lipinski definition) is 2. The van der Waals surface area contributed by atoms with Crippen molar-refractivity contribution < 1.29 is 14.2 Å². The molecule has 0 bridgehead atoms. The van der Waals surface area contributed by atoms with Gasteiger partial charge in [-0.2, -0.15) is 0 Å². The molecule has 1 saturated heterocycles. The van der Waals surface area contributed by atoms with Gasteiger partial charge in [-0.05, 0) is 63.2 Å². The van der Waals surface area contributed by atoms with E-state index in [1.807, 2.05) is 18.2 Å². The van der Waals surface area contributed by atoms with Gasteiger partial charge >= 0.3 is 0 Å². The quantitative estimate of drug-likeness (QED) is 0.402. The number of aromatic nitrogens is 1. The van der Waals surface area contributed by atoms with Gasteiger partial charge in [0.05, 0.1) is 18.2 Å².